The zero-order chi connectivity index (χ0) is 22.6. The van der Waals surface area contributed by atoms with Crippen LogP contribution in [0.2, 0.25) is 0 Å². The number of carbonyl (C=O) groups excluding carboxylic acids is 1. The smallest absolute Gasteiger partial charge is 0.241 e. The molecule has 0 spiro atoms. The molecule has 8 nitrogen and oxygen atoms in total. The minimum atomic E-state index is -4.00. The first kappa shape index (κ1) is 23.4. The van der Waals surface area contributed by atoms with Gasteiger partial charge in [0, 0.05) is 12.6 Å². The Morgan fingerprint density at radius 3 is 2.43 bits per heavy atom. The van der Waals surface area contributed by atoms with Crippen molar-refractivity contribution in [2.24, 2.45) is 5.73 Å². The van der Waals surface area contributed by atoms with E-state index in [0.29, 0.717) is 33.6 Å². The third-order valence-corrected chi connectivity index (χ3v) is 6.77. The van der Waals surface area contributed by atoms with Crippen molar-refractivity contribution in [3.05, 3.63) is 58.1 Å². The Hall–Kier alpha value is -2.91. The molecule has 0 saturated carbocycles. The van der Waals surface area contributed by atoms with Crippen molar-refractivity contribution in [2.75, 3.05) is 14.2 Å². The largest absolute Gasteiger partial charge is 0.496 e. The summed E-state index contributed by atoms with van der Waals surface area (Å²) in [5.74, 6) is 0.0362. The van der Waals surface area contributed by atoms with E-state index in [0.717, 1.165) is 0 Å². The molecule has 0 fully saturated rings. The molecule has 5 N–H and O–H groups in total. The highest BCUT2D eigenvalue weighted by molar-refractivity contribution is 7.89. The predicted molar refractivity (Wildman–Crippen MR) is 117 cm³/mol. The molecule has 0 aliphatic rings. The molecule has 1 atom stereocenters. The minimum absolute atomic E-state index is 0.103. The SMILES string of the molecule is CNC(=O)[C@H](Cc1cccc(C(=N)N)c1)NS(=O)(=O)c1c(C)cc(OC)c(C)c1C. The highest BCUT2D eigenvalue weighted by Crippen LogP contribution is 2.30. The minimum Gasteiger partial charge on any atom is -0.496 e. The molecular weight excluding hydrogens is 404 g/mol. The topological polar surface area (TPSA) is 134 Å². The van der Waals surface area contributed by atoms with E-state index < -0.39 is 22.0 Å². The van der Waals surface area contributed by atoms with E-state index in [9.17, 15) is 13.2 Å². The summed E-state index contributed by atoms with van der Waals surface area (Å²) >= 11 is 0. The van der Waals surface area contributed by atoms with Crippen LogP contribution in [0.1, 0.15) is 27.8 Å². The van der Waals surface area contributed by atoms with Crippen molar-refractivity contribution in [2.45, 2.75) is 38.1 Å². The zero-order valence-corrected chi connectivity index (χ0v) is 18.6. The van der Waals surface area contributed by atoms with E-state index in [1.807, 2.05) is 0 Å². The van der Waals surface area contributed by atoms with Crippen LogP contribution >= 0.6 is 0 Å². The quantitative estimate of drug-likeness (QED) is 0.371. The number of hydrogen-bond acceptors (Lipinski definition) is 5. The Balaban J connectivity index is 2.44. The van der Waals surface area contributed by atoms with E-state index >= 15 is 0 Å². The third kappa shape index (κ3) is 4.98. The highest BCUT2D eigenvalue weighted by Gasteiger charge is 2.29. The van der Waals surface area contributed by atoms with Gasteiger partial charge in [-0.2, -0.15) is 4.72 Å². The summed E-state index contributed by atoms with van der Waals surface area (Å²) in [5, 5.41) is 10.1. The van der Waals surface area contributed by atoms with Crippen LogP contribution in [0.5, 0.6) is 5.75 Å². The van der Waals surface area contributed by atoms with Crippen LogP contribution in [-0.2, 0) is 21.2 Å². The predicted octanol–water partition coefficient (Wildman–Crippen LogP) is 1.54. The summed E-state index contributed by atoms with van der Waals surface area (Å²) < 4.78 is 34.3. The second kappa shape index (κ2) is 9.27. The molecule has 2 aromatic rings. The van der Waals surface area contributed by atoms with Crippen molar-refractivity contribution in [1.29, 1.82) is 5.41 Å². The van der Waals surface area contributed by atoms with Crippen molar-refractivity contribution in [3.8, 4) is 5.75 Å². The van der Waals surface area contributed by atoms with Crippen LogP contribution in [0, 0.1) is 26.2 Å². The number of aryl methyl sites for hydroxylation is 1. The first-order valence-electron chi connectivity index (χ1n) is 9.33. The van der Waals surface area contributed by atoms with Crippen LogP contribution in [0.3, 0.4) is 0 Å². The molecule has 0 bridgehead atoms. The second-order valence-electron chi connectivity index (χ2n) is 7.08. The number of nitrogen functional groups attached to an aromatic ring is 1. The van der Waals surface area contributed by atoms with Gasteiger partial charge in [-0.05, 0) is 61.6 Å². The second-order valence-corrected chi connectivity index (χ2v) is 8.73. The van der Waals surface area contributed by atoms with E-state index in [4.69, 9.17) is 15.9 Å². The number of benzene rings is 2. The number of ether oxygens (including phenoxy) is 1. The molecule has 0 saturated heterocycles. The number of methoxy groups -OCH3 is 1. The lowest BCUT2D eigenvalue weighted by atomic mass is 10.0. The number of nitrogens with two attached hydrogens (primary N) is 1. The van der Waals surface area contributed by atoms with E-state index in [2.05, 4.69) is 10.0 Å². The molecule has 30 heavy (non-hydrogen) atoms. The fourth-order valence-electron chi connectivity index (χ4n) is 3.36. The van der Waals surface area contributed by atoms with Gasteiger partial charge in [-0.15, -0.1) is 0 Å². The van der Waals surface area contributed by atoms with Gasteiger partial charge < -0.3 is 15.8 Å². The lowest BCUT2D eigenvalue weighted by molar-refractivity contribution is -0.122. The third-order valence-electron chi connectivity index (χ3n) is 5.01. The monoisotopic (exact) mass is 432 g/mol. The summed E-state index contributed by atoms with van der Waals surface area (Å²) in [5.41, 5.74) is 8.52. The van der Waals surface area contributed by atoms with Crippen molar-refractivity contribution in [3.63, 3.8) is 0 Å². The maximum Gasteiger partial charge on any atom is 0.241 e. The average Bonchev–Trinajstić information content (AvgIpc) is 2.69. The summed E-state index contributed by atoms with van der Waals surface area (Å²) in [6, 6.07) is 7.44. The average molecular weight is 433 g/mol. The van der Waals surface area contributed by atoms with Gasteiger partial charge in [0.25, 0.3) is 0 Å². The number of carbonyl (C=O) groups is 1. The van der Waals surface area contributed by atoms with Gasteiger partial charge in [-0.3, -0.25) is 10.2 Å². The van der Waals surface area contributed by atoms with Gasteiger partial charge in [-0.1, -0.05) is 18.2 Å². The molecule has 0 radical (unpaired) electrons. The first-order chi connectivity index (χ1) is 14.0. The number of sulfonamides is 1. The van der Waals surface area contributed by atoms with Crippen LogP contribution in [0.25, 0.3) is 0 Å². The molecule has 0 aromatic heterocycles. The number of amides is 1. The molecular formula is C21H28N4O4S. The zero-order valence-electron chi connectivity index (χ0n) is 17.8. The van der Waals surface area contributed by atoms with Gasteiger partial charge >= 0.3 is 0 Å². The number of rotatable bonds is 8. The van der Waals surface area contributed by atoms with Crippen molar-refractivity contribution < 1.29 is 17.9 Å². The maximum absolute atomic E-state index is 13.2. The van der Waals surface area contributed by atoms with Gasteiger partial charge in [0.15, 0.2) is 0 Å². The molecule has 1 amide bonds. The Labute approximate surface area is 177 Å². The van der Waals surface area contributed by atoms with Gasteiger partial charge in [-0.25, -0.2) is 8.42 Å². The molecule has 0 aliphatic heterocycles. The molecule has 9 heteroatoms. The molecule has 162 valence electrons. The van der Waals surface area contributed by atoms with Gasteiger partial charge in [0.2, 0.25) is 15.9 Å². The molecule has 0 heterocycles. The fourth-order valence-corrected chi connectivity index (χ4v) is 5.08. The van der Waals surface area contributed by atoms with Crippen LogP contribution in [-0.4, -0.2) is 40.4 Å². The summed E-state index contributed by atoms with van der Waals surface area (Å²) in [6.45, 7) is 5.19. The summed E-state index contributed by atoms with van der Waals surface area (Å²) in [6.07, 6.45) is 0.104. The van der Waals surface area contributed by atoms with Crippen LogP contribution in [0.4, 0.5) is 0 Å². The van der Waals surface area contributed by atoms with Crippen molar-refractivity contribution >= 4 is 21.8 Å². The maximum atomic E-state index is 13.2. The number of likely N-dealkylation sites (N-methyl/N-ethyl adjacent to an activating group) is 1. The van der Waals surface area contributed by atoms with Gasteiger partial charge in [0.05, 0.1) is 12.0 Å². The Bertz CT molecular complexity index is 1080. The lowest BCUT2D eigenvalue weighted by Gasteiger charge is -2.21. The highest BCUT2D eigenvalue weighted by atomic mass is 32.2. The lowest BCUT2D eigenvalue weighted by Crippen LogP contribution is -2.47. The molecule has 2 aromatic carbocycles. The molecule has 0 aliphatic carbocycles. The normalized spacial score (nSPS) is 12.3. The Morgan fingerprint density at radius 1 is 1.20 bits per heavy atom. The number of nitrogens with one attached hydrogen (secondary N) is 3. The van der Waals surface area contributed by atoms with E-state index in [1.165, 1.54) is 14.2 Å². The van der Waals surface area contributed by atoms with Crippen molar-refractivity contribution in [1.82, 2.24) is 10.0 Å². The fraction of sp³-hybridized carbons (Fsp3) is 0.333. The summed E-state index contributed by atoms with van der Waals surface area (Å²) in [7, 11) is -1.02. The number of hydrogen-bond donors (Lipinski definition) is 4. The van der Waals surface area contributed by atoms with Crippen LogP contribution < -0.4 is 20.5 Å². The standard InChI is InChI=1S/C21H28N4O4S/c1-12-9-18(29-5)13(2)14(3)19(12)30(27,28)25-17(21(26)24-4)11-15-7-6-8-16(10-15)20(22)23/h6-10,17,25H,11H2,1-5H3,(H3,22,23)(H,24,26)/t17-/m0/s1. The van der Waals surface area contributed by atoms with Gasteiger partial charge in [0.1, 0.15) is 17.6 Å². The van der Waals surface area contributed by atoms with E-state index in [-0.39, 0.29) is 17.2 Å². The Kier molecular flexibility index (Phi) is 7.22. The van der Waals surface area contributed by atoms with E-state index in [1.54, 1.807) is 51.1 Å². The Morgan fingerprint density at radius 2 is 1.87 bits per heavy atom. The van der Waals surface area contributed by atoms with Crippen LogP contribution in [0.15, 0.2) is 35.2 Å². The summed E-state index contributed by atoms with van der Waals surface area (Å²) in [4.78, 5) is 12.6. The number of amidine groups is 1. The first-order valence-corrected chi connectivity index (χ1v) is 10.8. The molecule has 2 rings (SSSR count). The molecule has 0 unspecified atom stereocenters.